The zero-order valence-corrected chi connectivity index (χ0v) is 16.6. The first-order valence-electron chi connectivity index (χ1n) is 10.3. The highest BCUT2D eigenvalue weighted by Crippen LogP contribution is 2.48. The van der Waals surface area contributed by atoms with Gasteiger partial charge in [0.25, 0.3) is 0 Å². The Morgan fingerprint density at radius 3 is 2.83 bits per heavy atom. The van der Waals surface area contributed by atoms with E-state index in [2.05, 4.69) is 9.88 Å². The summed E-state index contributed by atoms with van der Waals surface area (Å²) in [6, 6.07) is 9.79. The van der Waals surface area contributed by atoms with Crippen LogP contribution in [0.25, 0.3) is 10.9 Å². The predicted octanol–water partition coefficient (Wildman–Crippen LogP) is 2.00. The first kappa shape index (κ1) is 18.8. The van der Waals surface area contributed by atoms with Crippen LogP contribution in [0.15, 0.2) is 30.3 Å². The summed E-state index contributed by atoms with van der Waals surface area (Å²) in [6.45, 7) is 2.64. The van der Waals surface area contributed by atoms with E-state index in [0.29, 0.717) is 32.6 Å². The first-order chi connectivity index (χ1) is 14.1. The Morgan fingerprint density at radius 1 is 1.31 bits per heavy atom. The van der Waals surface area contributed by atoms with E-state index in [9.17, 15) is 9.59 Å². The summed E-state index contributed by atoms with van der Waals surface area (Å²) in [5, 5.41) is 1.05. The molecule has 0 unspecified atom stereocenters. The van der Waals surface area contributed by atoms with Crippen molar-refractivity contribution in [2.75, 3.05) is 33.4 Å². The fraction of sp³-hybridized carbons (Fsp3) is 0.545. The van der Waals surface area contributed by atoms with Gasteiger partial charge in [0.2, 0.25) is 0 Å². The van der Waals surface area contributed by atoms with Crippen LogP contribution in [0, 0.1) is 5.92 Å². The smallest absolute Gasteiger partial charge is 0.319 e. The molecule has 2 aromatic rings. The molecule has 4 heterocycles. The van der Waals surface area contributed by atoms with E-state index < -0.39 is 5.41 Å². The number of aromatic amines is 1. The Labute approximate surface area is 169 Å². The number of carbonyl (C=O) groups excluding carboxylic acids is 2. The second kappa shape index (κ2) is 7.23. The van der Waals surface area contributed by atoms with Crippen LogP contribution < -0.4 is 0 Å². The largest absolute Gasteiger partial charge is 0.468 e. The van der Waals surface area contributed by atoms with Gasteiger partial charge in [0.05, 0.1) is 20.3 Å². The number of ether oxygens (including phenoxy) is 3. The maximum Gasteiger partial charge on any atom is 0.319 e. The van der Waals surface area contributed by atoms with Gasteiger partial charge in [-0.1, -0.05) is 18.2 Å². The molecular weight excluding hydrogens is 372 g/mol. The molecule has 0 amide bonds. The van der Waals surface area contributed by atoms with Crippen molar-refractivity contribution >= 4 is 22.7 Å². The van der Waals surface area contributed by atoms with E-state index in [1.54, 1.807) is 0 Å². The van der Waals surface area contributed by atoms with Gasteiger partial charge < -0.3 is 19.2 Å². The fourth-order valence-electron chi connectivity index (χ4n) is 5.39. The highest BCUT2D eigenvalue weighted by Gasteiger charge is 2.60. The topological polar surface area (TPSA) is 80.9 Å². The van der Waals surface area contributed by atoms with Gasteiger partial charge in [0.1, 0.15) is 11.2 Å². The van der Waals surface area contributed by atoms with E-state index in [0.717, 1.165) is 29.6 Å². The lowest BCUT2D eigenvalue weighted by molar-refractivity contribution is -0.162. The lowest BCUT2D eigenvalue weighted by Crippen LogP contribution is -2.67. The number of carbonyl (C=O) groups is 2. The van der Waals surface area contributed by atoms with Crippen LogP contribution >= 0.6 is 0 Å². The average Bonchev–Trinajstić information content (AvgIpc) is 3.41. The summed E-state index contributed by atoms with van der Waals surface area (Å²) >= 11 is 0. The number of nitrogens with one attached hydrogen (secondary N) is 1. The molecule has 0 radical (unpaired) electrons. The molecular formula is C22H26N2O5. The third kappa shape index (κ3) is 2.99. The Bertz CT molecular complexity index is 901. The minimum absolute atomic E-state index is 0.170. The van der Waals surface area contributed by atoms with Crippen molar-refractivity contribution < 1.29 is 23.8 Å². The number of esters is 1. The van der Waals surface area contributed by atoms with Crippen LogP contribution in [0.4, 0.5) is 0 Å². The zero-order valence-electron chi connectivity index (χ0n) is 16.6. The molecule has 1 aromatic heterocycles. The molecule has 1 saturated carbocycles. The third-order valence-electron chi connectivity index (χ3n) is 6.79. The molecule has 3 atom stereocenters. The second-order valence-electron chi connectivity index (χ2n) is 8.28. The number of aromatic nitrogens is 1. The van der Waals surface area contributed by atoms with E-state index in [4.69, 9.17) is 14.2 Å². The summed E-state index contributed by atoms with van der Waals surface area (Å²) in [7, 11) is 1.43. The molecule has 154 valence electrons. The Kier molecular flexibility index (Phi) is 4.69. The maximum atomic E-state index is 13.2. The molecule has 1 N–H and O–H groups in total. The van der Waals surface area contributed by atoms with Crippen molar-refractivity contribution in [2.45, 2.75) is 37.0 Å². The van der Waals surface area contributed by atoms with Crippen LogP contribution in [0.2, 0.25) is 0 Å². The molecule has 4 fully saturated rings. The lowest BCUT2D eigenvalue weighted by Gasteiger charge is -2.54. The average molecular weight is 398 g/mol. The van der Waals surface area contributed by atoms with E-state index in [1.807, 2.05) is 30.3 Å². The second-order valence-corrected chi connectivity index (χ2v) is 8.28. The molecule has 7 nitrogen and oxygen atoms in total. The minimum Gasteiger partial charge on any atom is -0.468 e. The number of H-pyrrole nitrogens is 1. The molecule has 1 aromatic carbocycles. The summed E-state index contributed by atoms with van der Waals surface area (Å²) in [6.07, 6.45) is 1.37. The molecule has 2 bridgehead atoms. The van der Waals surface area contributed by atoms with Gasteiger partial charge in [-0.15, -0.1) is 0 Å². The molecule has 4 aliphatic rings. The normalized spacial score (nSPS) is 30.3. The summed E-state index contributed by atoms with van der Waals surface area (Å²) in [5.41, 5.74) is 0.950. The van der Waals surface area contributed by atoms with Crippen LogP contribution in [0.1, 0.15) is 25.0 Å². The Balaban J connectivity index is 1.52. The van der Waals surface area contributed by atoms with Gasteiger partial charge in [-0.2, -0.15) is 0 Å². The highest BCUT2D eigenvalue weighted by atomic mass is 16.7. The van der Waals surface area contributed by atoms with Gasteiger partial charge in [-0.25, -0.2) is 0 Å². The van der Waals surface area contributed by atoms with Crippen molar-refractivity contribution in [2.24, 2.45) is 5.92 Å². The van der Waals surface area contributed by atoms with Gasteiger partial charge in [0, 0.05) is 49.1 Å². The van der Waals surface area contributed by atoms with Crippen molar-refractivity contribution in [1.82, 2.24) is 9.88 Å². The number of rotatable bonds is 5. The van der Waals surface area contributed by atoms with Crippen LogP contribution in [0.3, 0.4) is 0 Å². The number of hydrogen-bond donors (Lipinski definition) is 1. The van der Waals surface area contributed by atoms with Crippen LogP contribution in [-0.4, -0.2) is 67.4 Å². The molecule has 7 heteroatoms. The summed E-state index contributed by atoms with van der Waals surface area (Å²) < 4.78 is 16.5. The van der Waals surface area contributed by atoms with Crippen LogP contribution in [-0.2, 0) is 29.2 Å². The standard InChI is InChI=1S/C22H26N2O5/c1-27-21(26)22(18-10-14-4-2-3-5-16(14)23-18)12-15-13-24(19(22)11-17(15)25)7-6-20-28-8-9-29-20/h2-5,10,15,19-20,23H,6-9,11-13H2,1H3/t15-,19+,22-/m0/s1. The number of hydrogen-bond acceptors (Lipinski definition) is 6. The maximum absolute atomic E-state index is 13.2. The Hall–Kier alpha value is -2.22. The van der Waals surface area contributed by atoms with Crippen LogP contribution in [0.5, 0.6) is 0 Å². The number of fused-ring (bicyclic) bond motifs is 4. The Morgan fingerprint density at radius 2 is 2.10 bits per heavy atom. The monoisotopic (exact) mass is 398 g/mol. The molecule has 29 heavy (non-hydrogen) atoms. The van der Waals surface area contributed by atoms with Crippen molar-refractivity contribution in [1.29, 1.82) is 0 Å². The highest BCUT2D eigenvalue weighted by molar-refractivity contribution is 5.93. The minimum atomic E-state index is -0.873. The third-order valence-corrected chi connectivity index (χ3v) is 6.79. The number of nitrogens with zero attached hydrogens (tertiary/aromatic N) is 1. The fourth-order valence-corrected chi connectivity index (χ4v) is 5.39. The molecule has 6 rings (SSSR count). The number of piperidine rings is 2. The van der Waals surface area contributed by atoms with Crippen molar-refractivity contribution in [3.8, 4) is 0 Å². The molecule has 3 aliphatic heterocycles. The zero-order chi connectivity index (χ0) is 20.0. The van der Waals surface area contributed by atoms with E-state index >= 15 is 0 Å². The number of para-hydroxylation sites is 1. The summed E-state index contributed by atoms with van der Waals surface area (Å²) in [5.74, 6) is -0.198. The van der Waals surface area contributed by atoms with Gasteiger partial charge in [-0.3, -0.25) is 14.5 Å². The lowest BCUT2D eigenvalue weighted by atomic mass is 9.60. The first-order valence-corrected chi connectivity index (χ1v) is 10.3. The van der Waals surface area contributed by atoms with Crippen molar-refractivity contribution in [3.63, 3.8) is 0 Å². The number of ketones is 1. The molecule has 1 aliphatic carbocycles. The van der Waals surface area contributed by atoms with E-state index in [-0.39, 0.29) is 30.0 Å². The predicted molar refractivity (Wildman–Crippen MR) is 105 cm³/mol. The van der Waals surface area contributed by atoms with E-state index in [1.165, 1.54) is 7.11 Å². The quantitative estimate of drug-likeness (QED) is 0.776. The number of benzene rings is 1. The van der Waals surface area contributed by atoms with Gasteiger partial charge >= 0.3 is 5.97 Å². The van der Waals surface area contributed by atoms with Gasteiger partial charge in [0.15, 0.2) is 6.29 Å². The van der Waals surface area contributed by atoms with Gasteiger partial charge in [-0.05, 0) is 23.9 Å². The SMILES string of the molecule is COC(=O)[C@]1(c2cc3ccccc3[nH]2)C[C@H]2CN(CCC3OCCO3)[C@@H]1CC2=O. The molecule has 0 spiro atoms. The number of methoxy groups -OCH3 is 1. The number of Topliss-reactive ketones (excluding diaryl/α,β-unsaturated/α-hetero) is 1. The molecule has 3 saturated heterocycles. The van der Waals surface area contributed by atoms with Crippen molar-refractivity contribution in [3.05, 3.63) is 36.0 Å². The summed E-state index contributed by atoms with van der Waals surface area (Å²) in [4.78, 5) is 31.6.